The predicted octanol–water partition coefficient (Wildman–Crippen LogP) is 1.62. The fourth-order valence-corrected chi connectivity index (χ4v) is 3.02. The number of rotatable bonds is 2. The molecule has 2 aliphatic heterocycles. The molecule has 0 aliphatic carbocycles. The van der Waals surface area contributed by atoms with Gasteiger partial charge >= 0.3 is 0 Å². The van der Waals surface area contributed by atoms with Crippen molar-refractivity contribution in [1.82, 2.24) is 9.80 Å². The van der Waals surface area contributed by atoms with E-state index in [1.165, 1.54) is 25.7 Å². The molecule has 5 heteroatoms. The van der Waals surface area contributed by atoms with Gasteiger partial charge in [0.1, 0.15) is 0 Å². The van der Waals surface area contributed by atoms with Gasteiger partial charge in [0.25, 0.3) is 0 Å². The van der Waals surface area contributed by atoms with Crippen LogP contribution in [0, 0.1) is 0 Å². The summed E-state index contributed by atoms with van der Waals surface area (Å²) in [6, 6.07) is 0.373. The lowest BCUT2D eigenvalue weighted by molar-refractivity contribution is -0.136. The van der Waals surface area contributed by atoms with Gasteiger partial charge in [0, 0.05) is 32.2 Å². The number of carbonyl (C=O) groups excluding carboxylic acids is 1. The van der Waals surface area contributed by atoms with Crippen LogP contribution in [0.4, 0.5) is 0 Å². The van der Waals surface area contributed by atoms with E-state index in [9.17, 15) is 4.79 Å². The smallest absolute Gasteiger partial charge is 0.239 e. The lowest BCUT2D eigenvalue weighted by atomic mass is 10.0. The number of likely N-dealkylation sites (tertiary alicyclic amines) is 2. The molecule has 2 aliphatic rings. The minimum absolute atomic E-state index is 0. The van der Waals surface area contributed by atoms with E-state index in [1.807, 2.05) is 0 Å². The first kappa shape index (κ1) is 16.7. The number of halogens is 1. The maximum Gasteiger partial charge on any atom is 0.239 e. The molecule has 2 fully saturated rings. The second kappa shape index (κ2) is 8.08. The maximum absolute atomic E-state index is 12.5. The number of piperidine rings is 1. The van der Waals surface area contributed by atoms with Crippen LogP contribution >= 0.6 is 12.4 Å². The zero-order chi connectivity index (χ0) is 13.0. The summed E-state index contributed by atoms with van der Waals surface area (Å²) >= 11 is 0. The number of hydrogen-bond acceptors (Lipinski definition) is 3. The van der Waals surface area contributed by atoms with Crippen molar-refractivity contribution < 1.29 is 4.79 Å². The van der Waals surface area contributed by atoms with Crippen molar-refractivity contribution in [3.05, 3.63) is 0 Å². The highest BCUT2D eigenvalue weighted by atomic mass is 35.5. The van der Waals surface area contributed by atoms with E-state index in [-0.39, 0.29) is 18.4 Å². The predicted molar refractivity (Wildman–Crippen MR) is 80.5 cm³/mol. The van der Waals surface area contributed by atoms with E-state index in [0.717, 1.165) is 39.0 Å². The quantitative estimate of drug-likeness (QED) is 0.840. The number of carbonyl (C=O) groups is 1. The van der Waals surface area contributed by atoms with Crippen LogP contribution < -0.4 is 5.73 Å². The van der Waals surface area contributed by atoms with Crippen LogP contribution in [-0.2, 0) is 4.79 Å². The Bertz CT molecular complexity index is 272. The zero-order valence-corrected chi connectivity index (χ0v) is 12.8. The van der Waals surface area contributed by atoms with E-state index in [0.29, 0.717) is 11.9 Å². The number of nitrogens with two attached hydrogens (primary N) is 1. The second-order valence-corrected chi connectivity index (χ2v) is 5.79. The van der Waals surface area contributed by atoms with Gasteiger partial charge < -0.3 is 10.6 Å². The fourth-order valence-electron chi connectivity index (χ4n) is 3.02. The summed E-state index contributed by atoms with van der Waals surface area (Å²) in [7, 11) is 0. The van der Waals surface area contributed by atoms with Gasteiger partial charge in [-0.3, -0.25) is 9.69 Å². The molecule has 1 atom stereocenters. The van der Waals surface area contributed by atoms with Crippen LogP contribution in [0.1, 0.15) is 45.4 Å². The largest absolute Gasteiger partial charge is 0.341 e. The molecule has 1 unspecified atom stereocenters. The van der Waals surface area contributed by atoms with Crippen molar-refractivity contribution in [2.24, 2.45) is 5.73 Å². The van der Waals surface area contributed by atoms with Crippen molar-refractivity contribution in [2.75, 3.05) is 26.2 Å². The molecule has 0 aromatic carbocycles. The Balaban J connectivity index is 0.00000180. The molecule has 2 rings (SSSR count). The minimum Gasteiger partial charge on any atom is -0.341 e. The first-order chi connectivity index (χ1) is 8.68. The summed E-state index contributed by atoms with van der Waals surface area (Å²) in [6.07, 6.45) is 6.94. The highest BCUT2D eigenvalue weighted by molar-refractivity contribution is 5.85. The Hall–Kier alpha value is -0.320. The van der Waals surface area contributed by atoms with E-state index in [1.54, 1.807) is 0 Å². The Morgan fingerprint density at radius 3 is 2.11 bits per heavy atom. The number of hydrogen-bond donors (Lipinski definition) is 1. The van der Waals surface area contributed by atoms with Gasteiger partial charge in [0.05, 0.1) is 6.04 Å². The Kier molecular flexibility index (Phi) is 7.11. The molecule has 0 aromatic rings. The van der Waals surface area contributed by atoms with Crippen molar-refractivity contribution in [1.29, 1.82) is 0 Å². The summed E-state index contributed by atoms with van der Waals surface area (Å²) < 4.78 is 0. The molecule has 112 valence electrons. The third-order valence-corrected chi connectivity index (χ3v) is 4.40. The average Bonchev–Trinajstić information content (AvgIpc) is 2.67. The van der Waals surface area contributed by atoms with Gasteiger partial charge in [-0.15, -0.1) is 12.4 Å². The van der Waals surface area contributed by atoms with Gasteiger partial charge in [-0.2, -0.15) is 0 Å². The molecule has 2 saturated heterocycles. The second-order valence-electron chi connectivity index (χ2n) is 5.79. The molecular weight excluding hydrogens is 262 g/mol. The topological polar surface area (TPSA) is 49.6 Å². The zero-order valence-electron chi connectivity index (χ0n) is 12.0. The van der Waals surface area contributed by atoms with E-state index < -0.39 is 0 Å². The van der Waals surface area contributed by atoms with Gasteiger partial charge in [-0.25, -0.2) is 0 Å². The summed E-state index contributed by atoms with van der Waals surface area (Å²) in [4.78, 5) is 16.9. The summed E-state index contributed by atoms with van der Waals surface area (Å²) in [5, 5.41) is 0. The Labute approximate surface area is 123 Å². The molecular formula is C14H28ClN3O. The molecule has 2 N–H and O–H groups in total. The highest BCUT2D eigenvalue weighted by Crippen LogP contribution is 2.16. The highest BCUT2D eigenvalue weighted by Gasteiger charge is 2.28. The third kappa shape index (κ3) is 4.62. The molecule has 0 radical (unpaired) electrons. The van der Waals surface area contributed by atoms with Crippen LogP contribution in [0.25, 0.3) is 0 Å². The Morgan fingerprint density at radius 2 is 1.58 bits per heavy atom. The van der Waals surface area contributed by atoms with Crippen molar-refractivity contribution >= 4 is 18.3 Å². The van der Waals surface area contributed by atoms with Crippen LogP contribution in [0.2, 0.25) is 0 Å². The van der Waals surface area contributed by atoms with Crippen molar-refractivity contribution in [3.63, 3.8) is 0 Å². The molecule has 4 nitrogen and oxygen atoms in total. The standard InChI is InChI=1S/C14H27N3O.ClH/c1-12(16-10-6-13(15)7-11-16)14(18)17-8-4-2-3-5-9-17;/h12-13H,2-11,15H2,1H3;1H. The molecule has 2 heterocycles. The normalized spacial score (nSPS) is 24.4. The minimum atomic E-state index is 0. The molecule has 0 spiro atoms. The summed E-state index contributed by atoms with van der Waals surface area (Å²) in [5.74, 6) is 0.326. The van der Waals surface area contributed by atoms with Crippen LogP contribution in [-0.4, -0.2) is 54.0 Å². The van der Waals surface area contributed by atoms with Crippen LogP contribution in [0.15, 0.2) is 0 Å². The number of nitrogens with zero attached hydrogens (tertiary/aromatic N) is 2. The molecule has 1 amide bonds. The van der Waals surface area contributed by atoms with Crippen LogP contribution in [0.5, 0.6) is 0 Å². The van der Waals surface area contributed by atoms with Gasteiger partial charge in [-0.05, 0) is 32.6 Å². The van der Waals surface area contributed by atoms with E-state index in [4.69, 9.17) is 5.73 Å². The summed E-state index contributed by atoms with van der Waals surface area (Å²) in [5.41, 5.74) is 5.91. The SMILES string of the molecule is CC(C(=O)N1CCCCCC1)N1CCC(N)CC1.Cl. The molecule has 0 aromatic heterocycles. The summed E-state index contributed by atoms with van der Waals surface area (Å²) in [6.45, 7) is 5.92. The van der Waals surface area contributed by atoms with E-state index in [2.05, 4.69) is 16.7 Å². The first-order valence-electron chi connectivity index (χ1n) is 7.47. The fraction of sp³-hybridized carbons (Fsp3) is 0.929. The molecule has 0 bridgehead atoms. The number of amides is 1. The molecule has 0 saturated carbocycles. The van der Waals surface area contributed by atoms with E-state index >= 15 is 0 Å². The van der Waals surface area contributed by atoms with Crippen molar-refractivity contribution in [2.45, 2.75) is 57.5 Å². The van der Waals surface area contributed by atoms with Gasteiger partial charge in [0.15, 0.2) is 0 Å². The maximum atomic E-state index is 12.5. The third-order valence-electron chi connectivity index (χ3n) is 4.40. The lowest BCUT2D eigenvalue weighted by Gasteiger charge is -2.36. The van der Waals surface area contributed by atoms with Gasteiger partial charge in [0.2, 0.25) is 5.91 Å². The first-order valence-corrected chi connectivity index (χ1v) is 7.47. The van der Waals surface area contributed by atoms with Crippen molar-refractivity contribution in [3.8, 4) is 0 Å². The molecule has 19 heavy (non-hydrogen) atoms. The van der Waals surface area contributed by atoms with Crippen LogP contribution in [0.3, 0.4) is 0 Å². The average molecular weight is 290 g/mol. The van der Waals surface area contributed by atoms with Gasteiger partial charge in [-0.1, -0.05) is 12.8 Å². The monoisotopic (exact) mass is 289 g/mol. The lowest BCUT2D eigenvalue weighted by Crippen LogP contribution is -2.51. The Morgan fingerprint density at radius 1 is 1.05 bits per heavy atom.